The molecule has 2 heterocycles. The van der Waals surface area contributed by atoms with Crippen molar-refractivity contribution in [2.45, 2.75) is 6.54 Å². The van der Waals surface area contributed by atoms with E-state index in [2.05, 4.69) is 25.6 Å². The van der Waals surface area contributed by atoms with Crippen LogP contribution < -0.4 is 20.1 Å². The summed E-state index contributed by atoms with van der Waals surface area (Å²) in [6.45, 7) is 0.530. The molecule has 2 N–H and O–H groups in total. The van der Waals surface area contributed by atoms with Crippen LogP contribution in [-0.4, -0.2) is 29.2 Å². The number of halogens is 1. The molecule has 0 aliphatic rings. The van der Waals surface area contributed by atoms with E-state index in [-0.39, 0.29) is 0 Å². The highest BCUT2D eigenvalue weighted by Crippen LogP contribution is 2.37. The molecule has 26 heavy (non-hydrogen) atoms. The molecular weight excluding hydrogens is 354 g/mol. The summed E-state index contributed by atoms with van der Waals surface area (Å²) in [6.07, 6.45) is 3.41. The first-order chi connectivity index (χ1) is 12.7. The zero-order chi connectivity index (χ0) is 18.4. The Morgan fingerprint density at radius 1 is 1.00 bits per heavy atom. The maximum Gasteiger partial charge on any atom is 0.224 e. The summed E-state index contributed by atoms with van der Waals surface area (Å²) in [5.41, 5.74) is 1.58. The fourth-order valence-electron chi connectivity index (χ4n) is 2.28. The molecule has 0 radical (unpaired) electrons. The van der Waals surface area contributed by atoms with Gasteiger partial charge in [0.25, 0.3) is 0 Å². The summed E-state index contributed by atoms with van der Waals surface area (Å²) in [5, 5.41) is 6.81. The number of ether oxygens (including phenoxy) is 2. The van der Waals surface area contributed by atoms with Gasteiger partial charge in [-0.1, -0.05) is 17.7 Å². The minimum atomic E-state index is 0.468. The van der Waals surface area contributed by atoms with E-state index in [0.717, 1.165) is 5.69 Å². The highest BCUT2D eigenvalue weighted by Gasteiger charge is 2.11. The maximum atomic E-state index is 6.13. The first kappa shape index (κ1) is 17.8. The summed E-state index contributed by atoms with van der Waals surface area (Å²) in [4.78, 5) is 12.9. The zero-order valence-corrected chi connectivity index (χ0v) is 15.1. The van der Waals surface area contributed by atoms with Crippen LogP contribution in [-0.2, 0) is 6.54 Å². The molecule has 0 saturated heterocycles. The van der Waals surface area contributed by atoms with E-state index < -0.39 is 0 Å². The van der Waals surface area contributed by atoms with Crippen molar-refractivity contribution in [1.29, 1.82) is 0 Å². The van der Waals surface area contributed by atoms with Gasteiger partial charge in [-0.05, 0) is 18.2 Å². The van der Waals surface area contributed by atoms with Crippen molar-refractivity contribution < 1.29 is 9.47 Å². The van der Waals surface area contributed by atoms with E-state index >= 15 is 0 Å². The van der Waals surface area contributed by atoms with Crippen LogP contribution in [0.5, 0.6) is 11.5 Å². The SMILES string of the molecule is COc1cc(Nc2ccnc(NCc3ccccn3)n2)c(OC)cc1Cl. The number of benzene rings is 1. The second-order valence-electron chi connectivity index (χ2n) is 5.25. The number of hydrogen-bond donors (Lipinski definition) is 2. The van der Waals surface area contributed by atoms with Gasteiger partial charge >= 0.3 is 0 Å². The number of anilines is 3. The van der Waals surface area contributed by atoms with Crippen molar-refractivity contribution in [2.75, 3.05) is 24.9 Å². The monoisotopic (exact) mass is 371 g/mol. The fourth-order valence-corrected chi connectivity index (χ4v) is 2.51. The van der Waals surface area contributed by atoms with E-state index in [1.54, 1.807) is 44.8 Å². The molecule has 7 nitrogen and oxygen atoms in total. The minimum absolute atomic E-state index is 0.468. The van der Waals surface area contributed by atoms with Crippen molar-refractivity contribution in [2.24, 2.45) is 0 Å². The maximum absolute atomic E-state index is 6.13. The lowest BCUT2D eigenvalue weighted by molar-refractivity contribution is 0.405. The molecular formula is C18H18ClN5O2. The lowest BCUT2D eigenvalue weighted by atomic mass is 10.2. The number of methoxy groups -OCH3 is 2. The minimum Gasteiger partial charge on any atom is -0.495 e. The van der Waals surface area contributed by atoms with Crippen LogP contribution in [0.25, 0.3) is 0 Å². The van der Waals surface area contributed by atoms with Gasteiger partial charge in [0.2, 0.25) is 5.95 Å². The third-order valence-corrected chi connectivity index (χ3v) is 3.84. The predicted molar refractivity (Wildman–Crippen MR) is 101 cm³/mol. The van der Waals surface area contributed by atoms with Crippen molar-refractivity contribution in [3.8, 4) is 11.5 Å². The van der Waals surface area contributed by atoms with E-state index in [1.165, 1.54) is 0 Å². The third-order valence-electron chi connectivity index (χ3n) is 3.55. The van der Waals surface area contributed by atoms with Gasteiger partial charge in [-0.2, -0.15) is 4.98 Å². The molecule has 0 unspecified atom stereocenters. The van der Waals surface area contributed by atoms with Crippen LogP contribution in [0.3, 0.4) is 0 Å². The summed E-state index contributed by atoms with van der Waals surface area (Å²) in [6, 6.07) is 10.9. The third kappa shape index (κ3) is 4.31. The largest absolute Gasteiger partial charge is 0.495 e. The smallest absolute Gasteiger partial charge is 0.224 e. The average molecular weight is 372 g/mol. The van der Waals surface area contributed by atoms with Gasteiger partial charge in [-0.15, -0.1) is 0 Å². The van der Waals surface area contributed by atoms with E-state index in [4.69, 9.17) is 21.1 Å². The van der Waals surface area contributed by atoms with Gasteiger partial charge in [0.1, 0.15) is 17.3 Å². The Kier molecular flexibility index (Phi) is 5.70. The van der Waals surface area contributed by atoms with Crippen molar-refractivity contribution in [1.82, 2.24) is 15.0 Å². The van der Waals surface area contributed by atoms with Crippen LogP contribution in [0.2, 0.25) is 5.02 Å². The molecule has 0 saturated carbocycles. The molecule has 0 aliphatic heterocycles. The molecule has 0 atom stereocenters. The summed E-state index contributed by atoms with van der Waals surface area (Å²) in [5.74, 6) is 2.21. The quantitative estimate of drug-likeness (QED) is 0.651. The first-order valence-electron chi connectivity index (χ1n) is 7.85. The average Bonchev–Trinajstić information content (AvgIpc) is 2.68. The topological polar surface area (TPSA) is 81.2 Å². The molecule has 0 bridgehead atoms. The standard InChI is InChI=1S/C18H18ClN5O2/c1-25-15-10-14(16(26-2)9-13(15)19)23-17-6-8-21-18(24-17)22-11-12-5-3-4-7-20-12/h3-10H,11H2,1-2H3,(H2,21,22,23,24). The van der Waals surface area contributed by atoms with Crippen molar-refractivity contribution in [3.63, 3.8) is 0 Å². The molecule has 0 spiro atoms. The van der Waals surface area contributed by atoms with Gasteiger partial charge < -0.3 is 20.1 Å². The highest BCUT2D eigenvalue weighted by atomic mass is 35.5. The van der Waals surface area contributed by atoms with Gasteiger partial charge in [0, 0.05) is 24.5 Å². The van der Waals surface area contributed by atoms with Crippen molar-refractivity contribution in [3.05, 3.63) is 59.5 Å². The normalized spacial score (nSPS) is 10.3. The van der Waals surface area contributed by atoms with Gasteiger partial charge in [0.05, 0.1) is 37.2 Å². The zero-order valence-electron chi connectivity index (χ0n) is 14.4. The number of nitrogens with one attached hydrogen (secondary N) is 2. The Bertz CT molecular complexity index is 877. The molecule has 134 valence electrons. The Labute approximate surface area is 156 Å². The van der Waals surface area contributed by atoms with Crippen molar-refractivity contribution >= 4 is 29.1 Å². The summed E-state index contributed by atoms with van der Waals surface area (Å²) < 4.78 is 10.6. The predicted octanol–water partition coefficient (Wildman–Crippen LogP) is 3.90. The Hall–Kier alpha value is -3.06. The van der Waals surface area contributed by atoms with Crippen LogP contribution in [0.1, 0.15) is 5.69 Å². The van der Waals surface area contributed by atoms with E-state index in [1.807, 2.05) is 18.2 Å². The summed E-state index contributed by atoms with van der Waals surface area (Å²) >= 11 is 6.13. The number of aromatic nitrogens is 3. The first-order valence-corrected chi connectivity index (χ1v) is 8.23. The van der Waals surface area contributed by atoms with Crippen LogP contribution in [0.4, 0.5) is 17.5 Å². The molecule has 0 amide bonds. The molecule has 2 aromatic heterocycles. The van der Waals surface area contributed by atoms with Gasteiger partial charge in [-0.25, -0.2) is 4.98 Å². The highest BCUT2D eigenvalue weighted by molar-refractivity contribution is 6.32. The fraction of sp³-hybridized carbons (Fsp3) is 0.167. The van der Waals surface area contributed by atoms with E-state index in [9.17, 15) is 0 Å². The Balaban J connectivity index is 1.76. The van der Waals surface area contributed by atoms with Crippen LogP contribution >= 0.6 is 11.6 Å². The second kappa shape index (κ2) is 8.35. The Morgan fingerprint density at radius 2 is 1.85 bits per heavy atom. The molecule has 3 rings (SSSR count). The molecule has 0 aliphatic carbocycles. The lowest BCUT2D eigenvalue weighted by Gasteiger charge is -2.14. The van der Waals surface area contributed by atoms with Crippen LogP contribution in [0, 0.1) is 0 Å². The number of nitrogens with zero attached hydrogens (tertiary/aromatic N) is 3. The molecule has 3 aromatic rings. The van der Waals surface area contributed by atoms with E-state index in [0.29, 0.717) is 40.5 Å². The molecule has 1 aromatic carbocycles. The lowest BCUT2D eigenvalue weighted by Crippen LogP contribution is -2.06. The van der Waals surface area contributed by atoms with Gasteiger partial charge in [-0.3, -0.25) is 4.98 Å². The number of pyridine rings is 1. The summed E-state index contributed by atoms with van der Waals surface area (Å²) in [7, 11) is 3.13. The number of rotatable bonds is 7. The number of hydrogen-bond acceptors (Lipinski definition) is 7. The molecule has 8 heteroatoms. The van der Waals surface area contributed by atoms with Gasteiger partial charge in [0.15, 0.2) is 0 Å². The van der Waals surface area contributed by atoms with Crippen LogP contribution in [0.15, 0.2) is 48.8 Å². The second-order valence-corrected chi connectivity index (χ2v) is 5.66. The molecule has 0 fully saturated rings. The Morgan fingerprint density at radius 3 is 2.58 bits per heavy atom.